The third-order valence-corrected chi connectivity index (χ3v) is 6.60. The van der Waals surface area contributed by atoms with Gasteiger partial charge in [-0.05, 0) is 48.3 Å². The molecule has 2 N–H and O–H groups in total. The van der Waals surface area contributed by atoms with Crippen LogP contribution in [0, 0.1) is 0 Å². The van der Waals surface area contributed by atoms with Crippen molar-refractivity contribution >= 4 is 7.92 Å². The van der Waals surface area contributed by atoms with E-state index in [-0.39, 0.29) is 7.92 Å². The number of nitrogens with one attached hydrogen (secondary N) is 2. The van der Waals surface area contributed by atoms with E-state index >= 15 is 0 Å². The molecule has 0 aliphatic carbocycles. The molecule has 0 aromatic rings. The van der Waals surface area contributed by atoms with Crippen LogP contribution in [-0.2, 0) is 0 Å². The Bertz CT molecular complexity index is 390. The molecule has 1 aliphatic rings. The van der Waals surface area contributed by atoms with E-state index < -0.39 is 0 Å². The molecule has 0 fully saturated rings. The maximum Gasteiger partial charge on any atom is 0.0387 e. The van der Waals surface area contributed by atoms with Gasteiger partial charge in [-0.15, -0.1) is 0 Å². The fraction of sp³-hybridized carbons (Fsp3) is 0.684. The van der Waals surface area contributed by atoms with Gasteiger partial charge in [0.25, 0.3) is 0 Å². The van der Waals surface area contributed by atoms with Crippen LogP contribution in [-0.4, -0.2) is 23.4 Å². The maximum atomic E-state index is 3.44. The number of dihydropyridines is 1. The van der Waals surface area contributed by atoms with Crippen molar-refractivity contribution in [2.24, 2.45) is 0 Å². The quantitative estimate of drug-likeness (QED) is 0.662. The Morgan fingerprint density at radius 2 is 1.55 bits per heavy atom. The summed E-state index contributed by atoms with van der Waals surface area (Å²) in [6.45, 7) is 22.6. The van der Waals surface area contributed by atoms with Crippen molar-refractivity contribution in [1.29, 1.82) is 0 Å². The van der Waals surface area contributed by atoms with E-state index in [1.807, 2.05) is 0 Å². The lowest BCUT2D eigenvalue weighted by Crippen LogP contribution is -2.24. The zero-order valence-electron chi connectivity index (χ0n) is 16.2. The van der Waals surface area contributed by atoms with E-state index in [0.717, 1.165) is 13.1 Å². The highest BCUT2D eigenvalue weighted by atomic mass is 31.1. The zero-order valence-corrected chi connectivity index (χ0v) is 17.1. The van der Waals surface area contributed by atoms with Crippen molar-refractivity contribution < 1.29 is 0 Å². The molecule has 0 radical (unpaired) electrons. The second kappa shape index (κ2) is 9.53. The van der Waals surface area contributed by atoms with Crippen molar-refractivity contribution in [3.8, 4) is 0 Å². The molecule has 0 atom stereocenters. The van der Waals surface area contributed by atoms with Gasteiger partial charge in [-0.1, -0.05) is 69.4 Å². The molecule has 0 aromatic carbocycles. The summed E-state index contributed by atoms with van der Waals surface area (Å²) in [5, 5.41) is 7.23. The van der Waals surface area contributed by atoms with Gasteiger partial charge >= 0.3 is 0 Å². The lowest BCUT2D eigenvalue weighted by Gasteiger charge is -2.40. The molecule has 0 aromatic heterocycles. The molecule has 0 amide bonds. The summed E-state index contributed by atoms with van der Waals surface area (Å²) in [6.07, 6.45) is 6.39. The molecule has 1 rings (SSSR count). The fourth-order valence-electron chi connectivity index (χ4n) is 2.47. The van der Waals surface area contributed by atoms with Crippen LogP contribution in [0.4, 0.5) is 0 Å². The first-order valence-corrected chi connectivity index (χ1v) is 9.77. The van der Waals surface area contributed by atoms with Crippen molar-refractivity contribution in [2.75, 3.05) is 13.1 Å². The van der Waals surface area contributed by atoms with Gasteiger partial charge in [-0.3, -0.25) is 0 Å². The third kappa shape index (κ3) is 8.76. The summed E-state index contributed by atoms with van der Waals surface area (Å²) in [5.41, 5.74) is 2.47. The molecule has 0 unspecified atom stereocenters. The molecule has 0 saturated carbocycles. The standard InChI is InChI=1S/C15H26NP.C4H11N/c1-12-9-8-10-13(16-12)11-17(14(2,3)4)15(5,6)7;1-3-5-4-2/h8-11,16H,1-7H3;5H,3-4H2,1-2H3. The highest BCUT2D eigenvalue weighted by Gasteiger charge is 2.32. The van der Waals surface area contributed by atoms with Gasteiger partial charge in [-0.25, -0.2) is 0 Å². The summed E-state index contributed by atoms with van der Waals surface area (Å²) in [5.74, 6) is 2.45. The van der Waals surface area contributed by atoms with E-state index in [4.69, 9.17) is 0 Å². The van der Waals surface area contributed by atoms with Gasteiger partial charge in [0.2, 0.25) is 0 Å². The Morgan fingerprint density at radius 3 is 1.86 bits per heavy atom. The molecule has 0 bridgehead atoms. The molecular formula is C19H37N2P. The number of allylic oxidation sites excluding steroid dienone is 4. The summed E-state index contributed by atoms with van der Waals surface area (Å²) >= 11 is 0. The number of hydrogen-bond donors (Lipinski definition) is 2. The Labute approximate surface area is 140 Å². The van der Waals surface area contributed by atoms with E-state index in [9.17, 15) is 0 Å². The minimum atomic E-state index is -0.188. The van der Waals surface area contributed by atoms with Crippen LogP contribution in [0.1, 0.15) is 62.3 Å². The summed E-state index contributed by atoms with van der Waals surface area (Å²) in [7, 11) is -0.188. The molecule has 128 valence electrons. The third-order valence-electron chi connectivity index (χ3n) is 3.18. The molecule has 22 heavy (non-hydrogen) atoms. The van der Waals surface area contributed by atoms with E-state index in [1.54, 1.807) is 0 Å². The molecule has 1 heterocycles. The smallest absolute Gasteiger partial charge is 0.0387 e. The molecule has 2 nitrogen and oxygen atoms in total. The first-order chi connectivity index (χ1) is 10.0. The van der Waals surface area contributed by atoms with Crippen LogP contribution in [0.5, 0.6) is 0 Å². The van der Waals surface area contributed by atoms with Crippen LogP contribution in [0.3, 0.4) is 0 Å². The molecule has 3 heteroatoms. The van der Waals surface area contributed by atoms with Gasteiger partial charge < -0.3 is 10.6 Å². The molecule has 0 spiro atoms. The average Bonchev–Trinajstić information content (AvgIpc) is 2.35. The Morgan fingerprint density at radius 1 is 1.05 bits per heavy atom. The lowest BCUT2D eigenvalue weighted by atomic mass is 10.2. The first-order valence-electron chi connectivity index (χ1n) is 8.36. The van der Waals surface area contributed by atoms with Crippen LogP contribution in [0.15, 0.2) is 35.4 Å². The maximum absolute atomic E-state index is 3.44. The van der Waals surface area contributed by atoms with Crippen molar-refractivity contribution in [3.63, 3.8) is 0 Å². The van der Waals surface area contributed by atoms with Crippen LogP contribution < -0.4 is 10.6 Å². The summed E-state index contributed by atoms with van der Waals surface area (Å²) < 4.78 is 0. The summed E-state index contributed by atoms with van der Waals surface area (Å²) in [6, 6.07) is 0. The number of hydrogen-bond acceptors (Lipinski definition) is 2. The summed E-state index contributed by atoms with van der Waals surface area (Å²) in [4.78, 5) is 0. The number of rotatable bonds is 3. The predicted molar refractivity (Wildman–Crippen MR) is 105 cm³/mol. The Kier molecular flexibility index (Phi) is 9.27. The van der Waals surface area contributed by atoms with Gasteiger partial charge in [0, 0.05) is 11.4 Å². The van der Waals surface area contributed by atoms with Gasteiger partial charge in [0.15, 0.2) is 0 Å². The van der Waals surface area contributed by atoms with Gasteiger partial charge in [0.05, 0.1) is 0 Å². The van der Waals surface area contributed by atoms with Gasteiger partial charge in [0.1, 0.15) is 0 Å². The topological polar surface area (TPSA) is 24.1 Å². The zero-order chi connectivity index (χ0) is 17.4. The Hall–Kier alpha value is -0.590. The SMILES string of the molecule is CC1=CC=CC(=CP(C(C)(C)C)C(C)(C)C)N1.CCNCC. The second-order valence-electron chi connectivity index (χ2n) is 7.59. The van der Waals surface area contributed by atoms with Crippen molar-refractivity contribution in [1.82, 2.24) is 10.6 Å². The average molecular weight is 324 g/mol. The van der Waals surface area contributed by atoms with E-state index in [1.165, 1.54) is 11.4 Å². The minimum absolute atomic E-state index is 0.188. The lowest BCUT2D eigenvalue weighted by molar-refractivity contribution is 0.713. The van der Waals surface area contributed by atoms with Crippen LogP contribution in [0.2, 0.25) is 0 Å². The minimum Gasteiger partial charge on any atom is -0.359 e. The monoisotopic (exact) mass is 324 g/mol. The highest BCUT2D eigenvalue weighted by Crippen LogP contribution is 2.60. The first kappa shape index (κ1) is 21.4. The molecule has 0 saturated heterocycles. The van der Waals surface area contributed by atoms with Gasteiger partial charge in [-0.2, -0.15) is 0 Å². The fourth-order valence-corrected chi connectivity index (χ4v) is 5.68. The van der Waals surface area contributed by atoms with Crippen LogP contribution >= 0.6 is 7.92 Å². The van der Waals surface area contributed by atoms with E-state index in [0.29, 0.717) is 10.3 Å². The van der Waals surface area contributed by atoms with Crippen molar-refractivity contribution in [3.05, 3.63) is 35.4 Å². The normalized spacial score (nSPS) is 17.0. The molecule has 1 aliphatic heterocycles. The Balaban J connectivity index is 0.000000763. The van der Waals surface area contributed by atoms with Crippen LogP contribution in [0.25, 0.3) is 0 Å². The van der Waals surface area contributed by atoms with Crippen molar-refractivity contribution in [2.45, 2.75) is 72.6 Å². The predicted octanol–water partition coefficient (Wildman–Crippen LogP) is 5.59. The second-order valence-corrected chi connectivity index (χ2v) is 11.3. The largest absolute Gasteiger partial charge is 0.359 e. The molecular weight excluding hydrogens is 287 g/mol. The van der Waals surface area contributed by atoms with E-state index in [2.05, 4.69) is 97.0 Å². The highest BCUT2D eigenvalue weighted by molar-refractivity contribution is 7.64.